The van der Waals surface area contributed by atoms with E-state index in [0.29, 0.717) is 15.9 Å². The van der Waals surface area contributed by atoms with Crippen LogP contribution in [0.25, 0.3) is 5.82 Å². The highest BCUT2D eigenvalue weighted by Crippen LogP contribution is 2.51. The largest absolute Gasteiger partial charge is 0.460 e. The fraction of sp³-hybridized carbons (Fsp3) is 0.333. The fourth-order valence-electron chi connectivity index (χ4n) is 4.35. The van der Waals surface area contributed by atoms with Crippen molar-refractivity contribution in [2.75, 3.05) is 0 Å². The Morgan fingerprint density at radius 3 is 2.40 bits per heavy atom. The predicted octanol–water partition coefficient (Wildman–Crippen LogP) is 6.13. The normalized spacial score (nSPS) is 14.1. The third-order valence-electron chi connectivity index (χ3n) is 6.83. The molecule has 1 aromatic carbocycles. The number of hydrogen-bond donors (Lipinski definition) is 1. The van der Waals surface area contributed by atoms with E-state index < -0.39 is 42.0 Å². The van der Waals surface area contributed by atoms with E-state index in [9.17, 15) is 40.3 Å². The van der Waals surface area contributed by atoms with Gasteiger partial charge in [0, 0.05) is 29.2 Å². The molecule has 1 aliphatic carbocycles. The molecule has 0 spiro atoms. The molecule has 0 aliphatic heterocycles. The lowest BCUT2D eigenvalue weighted by Gasteiger charge is -2.26. The van der Waals surface area contributed by atoms with Crippen LogP contribution in [0.15, 0.2) is 42.7 Å². The smallest absolute Gasteiger partial charge is 0.349 e. The van der Waals surface area contributed by atoms with Gasteiger partial charge in [-0.2, -0.15) is 50.8 Å². The number of nitrogens with zero attached hydrogens (tertiary/aromatic N) is 6. The zero-order valence-electron chi connectivity index (χ0n) is 22.8. The lowest BCUT2D eigenvalue weighted by Crippen LogP contribution is -2.50. The van der Waals surface area contributed by atoms with Gasteiger partial charge in [0.1, 0.15) is 12.2 Å². The number of carbonyl (C=O) groups excluding carboxylic acids is 2. The molecule has 238 valence electrons. The van der Waals surface area contributed by atoms with Crippen molar-refractivity contribution in [1.29, 1.82) is 0 Å². The minimum absolute atomic E-state index is 0.0150. The van der Waals surface area contributed by atoms with Crippen LogP contribution in [0.5, 0.6) is 0 Å². The molecule has 0 unspecified atom stereocenters. The van der Waals surface area contributed by atoms with E-state index in [2.05, 4.69) is 25.6 Å². The number of Topliss-reactive ketones (excluding diaryl/α,β-unsaturated/α-hetero) is 1. The number of hydrogen-bond acceptors (Lipinski definition) is 6. The molecule has 1 aliphatic rings. The van der Waals surface area contributed by atoms with Gasteiger partial charge < -0.3 is 5.32 Å². The minimum Gasteiger partial charge on any atom is -0.349 e. The zero-order valence-corrected chi connectivity index (χ0v) is 24.4. The van der Waals surface area contributed by atoms with Crippen LogP contribution in [-0.2, 0) is 18.9 Å². The Labute approximate surface area is 259 Å². The van der Waals surface area contributed by atoms with Gasteiger partial charge >= 0.3 is 18.0 Å². The molecular weight excluding hydrogens is 658 g/mol. The Morgan fingerprint density at radius 2 is 1.76 bits per heavy atom. The maximum Gasteiger partial charge on any atom is 0.460 e. The third kappa shape index (κ3) is 6.38. The molecule has 1 N–H and O–H groups in total. The fourth-order valence-corrected chi connectivity index (χ4v) is 4.83. The number of aryl methyl sites for hydroxylation is 1. The van der Waals surface area contributed by atoms with Crippen molar-refractivity contribution in [3.05, 3.63) is 86.5 Å². The summed E-state index contributed by atoms with van der Waals surface area (Å²) in [6.07, 6.45) is -3.81. The summed E-state index contributed by atoms with van der Waals surface area (Å²) < 4.78 is 94.3. The van der Waals surface area contributed by atoms with Crippen molar-refractivity contribution in [2.45, 2.75) is 56.8 Å². The Hall–Kier alpha value is -4.05. The van der Waals surface area contributed by atoms with Gasteiger partial charge in [-0.1, -0.05) is 23.2 Å². The molecule has 1 amide bonds. The summed E-state index contributed by atoms with van der Waals surface area (Å²) >= 11 is 12.5. The number of halogens is 9. The number of nitrogens with one attached hydrogen (secondary N) is 1. The lowest BCUT2D eigenvalue weighted by atomic mass is 9.95. The number of carbonyl (C=O) groups is 2. The standard InChI is InChI=1S/C27H20Cl2F7N7O2/c1-13-7-14(28)8-18(24(45)39-15-4-5-15)17(13)10-21(44)20-9-16(40-43(20)23-19(29)3-2-6-37-23)12-42-38-11-22(41-42)25(30,31)26(32,33)27(34,35)36/h2-3,6-9,11,15H,4-5,10,12H2,1H3,(H,39,45). The van der Waals surface area contributed by atoms with Crippen LogP contribution in [0.3, 0.4) is 0 Å². The second kappa shape index (κ2) is 11.7. The van der Waals surface area contributed by atoms with Crippen molar-refractivity contribution < 1.29 is 40.3 Å². The molecule has 0 radical (unpaired) electrons. The summed E-state index contributed by atoms with van der Waals surface area (Å²) in [5.74, 6) is -13.2. The van der Waals surface area contributed by atoms with Gasteiger partial charge in [0.05, 0.1) is 16.9 Å². The maximum atomic E-state index is 14.1. The number of aromatic nitrogens is 6. The number of pyridine rings is 1. The highest BCUT2D eigenvalue weighted by Gasteiger charge is 2.74. The molecule has 45 heavy (non-hydrogen) atoms. The molecule has 0 bridgehead atoms. The average Bonchev–Trinajstić information content (AvgIpc) is 3.46. The molecule has 0 saturated heterocycles. The number of ketones is 1. The Balaban J connectivity index is 1.49. The van der Waals surface area contributed by atoms with Crippen molar-refractivity contribution in [1.82, 2.24) is 35.1 Å². The van der Waals surface area contributed by atoms with Crippen LogP contribution in [0.4, 0.5) is 30.7 Å². The first kappa shape index (κ1) is 32.3. The van der Waals surface area contributed by atoms with Crippen molar-refractivity contribution >= 4 is 34.9 Å². The lowest BCUT2D eigenvalue weighted by molar-refractivity contribution is -0.360. The maximum absolute atomic E-state index is 14.1. The topological polar surface area (TPSA) is 108 Å². The van der Waals surface area contributed by atoms with E-state index >= 15 is 0 Å². The monoisotopic (exact) mass is 677 g/mol. The van der Waals surface area contributed by atoms with Crippen molar-refractivity contribution in [3.8, 4) is 5.82 Å². The summed E-state index contributed by atoms with van der Waals surface area (Å²) in [5.41, 5.74) is -1.04. The minimum atomic E-state index is -6.56. The van der Waals surface area contributed by atoms with Gasteiger partial charge in [0.25, 0.3) is 5.91 Å². The molecule has 1 fully saturated rings. The molecule has 3 aromatic heterocycles. The average molecular weight is 678 g/mol. The van der Waals surface area contributed by atoms with Gasteiger partial charge in [-0.3, -0.25) is 9.59 Å². The van der Waals surface area contributed by atoms with Crippen LogP contribution in [-0.4, -0.2) is 59.6 Å². The highest BCUT2D eigenvalue weighted by molar-refractivity contribution is 6.32. The van der Waals surface area contributed by atoms with Gasteiger partial charge in [-0.05, 0) is 61.2 Å². The van der Waals surface area contributed by atoms with Crippen LogP contribution >= 0.6 is 23.2 Å². The van der Waals surface area contributed by atoms with Crippen LogP contribution in [0.1, 0.15) is 56.2 Å². The van der Waals surface area contributed by atoms with E-state index in [4.69, 9.17) is 23.2 Å². The van der Waals surface area contributed by atoms with Gasteiger partial charge in [-0.25, -0.2) is 9.67 Å². The van der Waals surface area contributed by atoms with E-state index in [-0.39, 0.29) is 51.5 Å². The molecule has 1 saturated carbocycles. The molecule has 9 nitrogen and oxygen atoms in total. The van der Waals surface area contributed by atoms with Crippen molar-refractivity contribution in [3.63, 3.8) is 0 Å². The van der Waals surface area contributed by atoms with Crippen LogP contribution in [0.2, 0.25) is 10.0 Å². The predicted molar refractivity (Wildman–Crippen MR) is 145 cm³/mol. The first-order chi connectivity index (χ1) is 21.0. The van der Waals surface area contributed by atoms with E-state index in [1.165, 1.54) is 30.5 Å². The molecular formula is C27H20Cl2F7N7O2. The molecule has 5 rings (SSSR count). The zero-order chi connectivity index (χ0) is 32.9. The molecule has 0 atom stereocenters. The van der Waals surface area contributed by atoms with Crippen LogP contribution in [0, 0.1) is 6.92 Å². The van der Waals surface area contributed by atoms with Crippen molar-refractivity contribution in [2.24, 2.45) is 0 Å². The molecule has 4 aromatic rings. The number of alkyl halides is 7. The summed E-state index contributed by atoms with van der Waals surface area (Å²) in [6, 6.07) is 7.20. The SMILES string of the molecule is Cc1cc(Cl)cc(C(=O)NC2CC2)c1CC(=O)c1cc(Cn2ncc(C(F)(F)C(F)(F)C(F)(F)F)n2)nn1-c1ncccc1Cl. The summed E-state index contributed by atoms with van der Waals surface area (Å²) in [7, 11) is 0. The Bertz CT molecular complexity index is 1790. The second-order valence-electron chi connectivity index (χ2n) is 10.2. The summed E-state index contributed by atoms with van der Waals surface area (Å²) in [5, 5.41) is 13.9. The first-order valence-electron chi connectivity index (χ1n) is 13.1. The van der Waals surface area contributed by atoms with E-state index in [1.807, 2.05) is 0 Å². The van der Waals surface area contributed by atoms with Gasteiger partial charge in [-0.15, -0.1) is 0 Å². The highest BCUT2D eigenvalue weighted by atomic mass is 35.5. The van der Waals surface area contributed by atoms with E-state index in [1.54, 1.807) is 13.0 Å². The number of rotatable bonds is 10. The van der Waals surface area contributed by atoms with Gasteiger partial charge in [0.2, 0.25) is 0 Å². The van der Waals surface area contributed by atoms with Crippen LogP contribution < -0.4 is 5.32 Å². The quantitative estimate of drug-likeness (QED) is 0.160. The summed E-state index contributed by atoms with van der Waals surface area (Å²) in [4.78, 5) is 31.3. The summed E-state index contributed by atoms with van der Waals surface area (Å²) in [6.45, 7) is 1.04. The second-order valence-corrected chi connectivity index (χ2v) is 11.1. The third-order valence-corrected chi connectivity index (χ3v) is 7.34. The number of benzene rings is 1. The van der Waals surface area contributed by atoms with Gasteiger partial charge in [0.15, 0.2) is 17.3 Å². The number of amides is 1. The Morgan fingerprint density at radius 1 is 1.04 bits per heavy atom. The molecule has 3 heterocycles. The molecule has 18 heteroatoms. The Kier molecular flexibility index (Phi) is 8.42. The van der Waals surface area contributed by atoms with E-state index in [0.717, 1.165) is 17.5 Å². The first-order valence-corrected chi connectivity index (χ1v) is 13.8.